The highest BCUT2D eigenvalue weighted by atomic mass is 16.3. The minimum absolute atomic E-state index is 0.249. The molecule has 0 radical (unpaired) electrons. The predicted octanol–water partition coefficient (Wildman–Crippen LogP) is 0.979. The molecular weight excluding hydrogens is 336 g/mol. The number of rotatable bonds is 7. The van der Waals surface area contributed by atoms with Crippen LogP contribution in [0.4, 0.5) is 5.69 Å². The van der Waals surface area contributed by atoms with E-state index in [0.29, 0.717) is 11.3 Å². The number of hydrogen-bond acceptors (Lipinski definition) is 5. The molecule has 0 fully saturated rings. The van der Waals surface area contributed by atoms with Crippen molar-refractivity contribution in [1.82, 2.24) is 5.32 Å². The zero-order chi connectivity index (χ0) is 19.1. The molecule has 0 saturated carbocycles. The number of amides is 2. The van der Waals surface area contributed by atoms with Gasteiger partial charge in [0.05, 0.1) is 6.10 Å². The predicted molar refractivity (Wildman–Crippen MR) is 95.9 cm³/mol. The van der Waals surface area contributed by atoms with Crippen LogP contribution in [0.15, 0.2) is 54.6 Å². The summed E-state index contributed by atoms with van der Waals surface area (Å²) in [6, 6.07) is 13.6. The summed E-state index contributed by atoms with van der Waals surface area (Å²) in [5.41, 5.74) is 1.27. The molecule has 4 N–H and O–H groups in total. The number of carbonyl (C=O) groups is 3. The molecule has 0 unspecified atom stereocenters. The Balaban J connectivity index is 2.03. The van der Waals surface area contributed by atoms with E-state index in [1.165, 1.54) is 19.1 Å². The van der Waals surface area contributed by atoms with Gasteiger partial charge in [-0.25, -0.2) is 0 Å². The van der Waals surface area contributed by atoms with Gasteiger partial charge >= 0.3 is 0 Å². The second-order valence-corrected chi connectivity index (χ2v) is 5.71. The average molecular weight is 356 g/mol. The van der Waals surface area contributed by atoms with E-state index in [9.17, 15) is 19.5 Å². The van der Waals surface area contributed by atoms with Crippen molar-refractivity contribution in [2.45, 2.75) is 19.1 Å². The van der Waals surface area contributed by atoms with Crippen molar-refractivity contribution in [2.24, 2.45) is 0 Å². The van der Waals surface area contributed by atoms with E-state index in [1.807, 2.05) is 6.07 Å². The number of nitrogens with one attached hydrogen (secondary N) is 2. The second-order valence-electron chi connectivity index (χ2n) is 5.71. The van der Waals surface area contributed by atoms with Crippen LogP contribution in [-0.4, -0.2) is 46.6 Å². The first-order chi connectivity index (χ1) is 12.4. The van der Waals surface area contributed by atoms with Crippen molar-refractivity contribution < 1.29 is 24.6 Å². The third-order valence-electron chi connectivity index (χ3n) is 3.71. The summed E-state index contributed by atoms with van der Waals surface area (Å²) in [6.07, 6.45) is -1.14. The Bertz CT molecular complexity index is 772. The Morgan fingerprint density at radius 2 is 1.50 bits per heavy atom. The van der Waals surface area contributed by atoms with Gasteiger partial charge in [0.2, 0.25) is 0 Å². The van der Waals surface area contributed by atoms with Crippen LogP contribution in [0.1, 0.15) is 27.6 Å². The van der Waals surface area contributed by atoms with E-state index >= 15 is 0 Å². The molecule has 0 heterocycles. The lowest BCUT2D eigenvalue weighted by Crippen LogP contribution is -2.48. The highest BCUT2D eigenvalue weighted by Crippen LogP contribution is 2.12. The standard InChI is InChI=1S/C19H20N2O5/c1-12(23)17(16(24)11-22)21-19(26)14-7-9-15(10-8-14)20-18(25)13-5-3-2-4-6-13/h2-10,12,17,22-23H,11H2,1H3,(H,20,25)(H,21,26)/t12-,17+/m1/s1. The van der Waals surface area contributed by atoms with E-state index in [4.69, 9.17) is 5.11 Å². The number of hydrogen-bond donors (Lipinski definition) is 4. The first-order valence-corrected chi connectivity index (χ1v) is 8.01. The van der Waals surface area contributed by atoms with Crippen LogP contribution in [-0.2, 0) is 4.79 Å². The molecule has 2 aromatic carbocycles. The normalized spacial score (nSPS) is 12.7. The molecule has 0 aliphatic carbocycles. The Kier molecular flexibility index (Phi) is 6.60. The van der Waals surface area contributed by atoms with Gasteiger partial charge in [-0.1, -0.05) is 18.2 Å². The fourth-order valence-corrected chi connectivity index (χ4v) is 2.29. The Morgan fingerprint density at radius 3 is 2.04 bits per heavy atom. The van der Waals surface area contributed by atoms with Crippen molar-refractivity contribution in [2.75, 3.05) is 11.9 Å². The number of ketones is 1. The summed E-state index contributed by atoms with van der Waals surface area (Å²) in [4.78, 5) is 35.8. The van der Waals surface area contributed by atoms with Crippen LogP contribution < -0.4 is 10.6 Å². The summed E-state index contributed by atoms with van der Waals surface area (Å²) < 4.78 is 0. The summed E-state index contributed by atoms with van der Waals surface area (Å²) in [5, 5.41) is 23.6. The molecule has 0 aliphatic rings. The number of anilines is 1. The summed E-state index contributed by atoms with van der Waals surface area (Å²) in [5.74, 6) is -1.52. The van der Waals surface area contributed by atoms with Crippen LogP contribution in [0.3, 0.4) is 0 Å². The van der Waals surface area contributed by atoms with Crippen molar-refractivity contribution in [3.05, 3.63) is 65.7 Å². The molecule has 0 saturated heterocycles. The van der Waals surface area contributed by atoms with Gasteiger partial charge in [0.1, 0.15) is 12.6 Å². The molecule has 0 aliphatic heterocycles. The minimum Gasteiger partial charge on any atom is -0.391 e. The van der Waals surface area contributed by atoms with Gasteiger partial charge in [-0.3, -0.25) is 14.4 Å². The fourth-order valence-electron chi connectivity index (χ4n) is 2.29. The molecule has 0 bridgehead atoms. The zero-order valence-corrected chi connectivity index (χ0v) is 14.2. The highest BCUT2D eigenvalue weighted by Gasteiger charge is 2.25. The fraction of sp³-hybridized carbons (Fsp3) is 0.211. The average Bonchev–Trinajstić information content (AvgIpc) is 2.66. The molecule has 0 aromatic heterocycles. The molecule has 7 nitrogen and oxygen atoms in total. The number of Topliss-reactive ketones (excluding diaryl/α,β-unsaturated/α-hetero) is 1. The van der Waals surface area contributed by atoms with E-state index in [-0.39, 0.29) is 11.5 Å². The molecule has 136 valence electrons. The van der Waals surface area contributed by atoms with Crippen LogP contribution in [0, 0.1) is 0 Å². The summed E-state index contributed by atoms with van der Waals surface area (Å²) >= 11 is 0. The first-order valence-electron chi connectivity index (χ1n) is 8.01. The van der Waals surface area contributed by atoms with Crippen molar-refractivity contribution in [3.8, 4) is 0 Å². The van der Waals surface area contributed by atoms with Gasteiger partial charge in [-0.05, 0) is 43.3 Å². The lowest BCUT2D eigenvalue weighted by Gasteiger charge is -2.19. The van der Waals surface area contributed by atoms with E-state index in [0.717, 1.165) is 0 Å². The van der Waals surface area contributed by atoms with Crippen LogP contribution in [0.2, 0.25) is 0 Å². The van der Waals surface area contributed by atoms with Crippen LogP contribution >= 0.6 is 0 Å². The van der Waals surface area contributed by atoms with E-state index < -0.39 is 30.4 Å². The maximum Gasteiger partial charge on any atom is 0.255 e. The largest absolute Gasteiger partial charge is 0.391 e. The number of carbonyl (C=O) groups excluding carboxylic acids is 3. The summed E-state index contributed by atoms with van der Waals surface area (Å²) in [6.45, 7) is 0.570. The third kappa shape index (κ3) is 4.98. The number of aliphatic hydroxyl groups excluding tert-OH is 2. The SMILES string of the molecule is C[C@@H](O)[C@H](NC(=O)c1ccc(NC(=O)c2ccccc2)cc1)C(=O)CO. The molecule has 2 aromatic rings. The maximum absolute atomic E-state index is 12.2. The molecule has 2 amide bonds. The van der Waals surface area contributed by atoms with Gasteiger partial charge < -0.3 is 20.8 Å². The molecule has 2 rings (SSSR count). The summed E-state index contributed by atoms with van der Waals surface area (Å²) in [7, 11) is 0. The molecule has 26 heavy (non-hydrogen) atoms. The highest BCUT2D eigenvalue weighted by molar-refractivity contribution is 6.04. The Labute approximate surface area is 150 Å². The van der Waals surface area contributed by atoms with Crippen molar-refractivity contribution >= 4 is 23.3 Å². The zero-order valence-electron chi connectivity index (χ0n) is 14.2. The van der Waals surface area contributed by atoms with Gasteiger partial charge in [0.25, 0.3) is 11.8 Å². The van der Waals surface area contributed by atoms with E-state index in [2.05, 4.69) is 10.6 Å². The lowest BCUT2D eigenvalue weighted by atomic mass is 10.1. The smallest absolute Gasteiger partial charge is 0.255 e. The minimum atomic E-state index is -1.19. The number of aliphatic hydroxyl groups is 2. The van der Waals surface area contributed by atoms with Crippen LogP contribution in [0.5, 0.6) is 0 Å². The molecule has 2 atom stereocenters. The maximum atomic E-state index is 12.2. The Hall–Kier alpha value is -3.03. The van der Waals surface area contributed by atoms with Gasteiger partial charge in [0, 0.05) is 16.8 Å². The third-order valence-corrected chi connectivity index (χ3v) is 3.71. The topological polar surface area (TPSA) is 116 Å². The van der Waals surface area contributed by atoms with Gasteiger partial charge in [-0.2, -0.15) is 0 Å². The Morgan fingerprint density at radius 1 is 0.923 bits per heavy atom. The molecular formula is C19H20N2O5. The van der Waals surface area contributed by atoms with Crippen molar-refractivity contribution in [3.63, 3.8) is 0 Å². The molecule has 0 spiro atoms. The lowest BCUT2D eigenvalue weighted by molar-refractivity contribution is -0.125. The monoisotopic (exact) mass is 356 g/mol. The molecule has 7 heteroatoms. The van der Waals surface area contributed by atoms with Crippen LogP contribution in [0.25, 0.3) is 0 Å². The van der Waals surface area contributed by atoms with Crippen molar-refractivity contribution in [1.29, 1.82) is 0 Å². The quantitative estimate of drug-likeness (QED) is 0.590. The van der Waals surface area contributed by atoms with E-state index in [1.54, 1.807) is 36.4 Å². The first kappa shape index (κ1) is 19.3. The second kappa shape index (κ2) is 8.89. The number of benzene rings is 2. The van der Waals surface area contributed by atoms with Gasteiger partial charge in [0.15, 0.2) is 5.78 Å². The van der Waals surface area contributed by atoms with Gasteiger partial charge in [-0.15, -0.1) is 0 Å².